The van der Waals surface area contributed by atoms with Crippen molar-refractivity contribution in [2.24, 2.45) is 0 Å². The Morgan fingerprint density at radius 2 is 2.00 bits per heavy atom. The fourth-order valence-electron chi connectivity index (χ4n) is 3.63. The van der Waals surface area contributed by atoms with E-state index in [9.17, 15) is 9.18 Å². The van der Waals surface area contributed by atoms with Crippen LogP contribution in [0.5, 0.6) is 0 Å². The molecule has 0 spiro atoms. The highest BCUT2D eigenvalue weighted by molar-refractivity contribution is 6.30. The van der Waals surface area contributed by atoms with Crippen LogP contribution in [0.3, 0.4) is 0 Å². The maximum atomic E-state index is 14.0. The lowest BCUT2D eigenvalue weighted by Crippen LogP contribution is -2.42. The Labute approximate surface area is 179 Å². The number of benzene rings is 2. The molecular weight excluding hydrogens is 403 g/mol. The molecule has 1 aliphatic heterocycles. The van der Waals surface area contributed by atoms with Gasteiger partial charge in [-0.3, -0.25) is 0 Å². The smallest absolute Gasteiger partial charge is 0.321 e. The Morgan fingerprint density at radius 3 is 2.77 bits per heavy atom. The minimum atomic E-state index is -0.553. The number of aryl methyl sites for hydroxylation is 1. The lowest BCUT2D eigenvalue weighted by molar-refractivity contribution is 0.192. The van der Waals surface area contributed by atoms with Gasteiger partial charge in [0.1, 0.15) is 5.82 Å². The van der Waals surface area contributed by atoms with E-state index in [0.29, 0.717) is 18.9 Å². The number of likely N-dealkylation sites (tertiary alicyclic amines) is 1. The molecule has 0 aliphatic carbocycles. The number of piperidine rings is 1. The molecule has 5 nitrogen and oxygen atoms in total. The number of halogens is 2. The number of nitrogens with one attached hydrogen (secondary N) is 1. The second-order valence-electron chi connectivity index (χ2n) is 7.51. The number of aromatic nitrogens is 2. The monoisotopic (exact) mass is 424 g/mol. The summed E-state index contributed by atoms with van der Waals surface area (Å²) in [6, 6.07) is 13.9. The summed E-state index contributed by atoms with van der Waals surface area (Å²) in [6.45, 7) is 3.18. The summed E-state index contributed by atoms with van der Waals surface area (Å²) in [7, 11) is 0. The number of rotatable bonds is 3. The van der Waals surface area contributed by atoms with Crippen molar-refractivity contribution in [3.05, 3.63) is 76.8 Å². The third kappa shape index (κ3) is 4.60. The molecule has 0 bridgehead atoms. The predicted octanol–water partition coefficient (Wildman–Crippen LogP) is 5.66. The number of urea groups is 1. The molecule has 1 fully saturated rings. The first kappa shape index (κ1) is 20.3. The second-order valence-corrected chi connectivity index (χ2v) is 7.95. The van der Waals surface area contributed by atoms with Gasteiger partial charge in [-0.05, 0) is 44.0 Å². The van der Waals surface area contributed by atoms with E-state index in [1.807, 2.05) is 37.3 Å². The molecule has 0 saturated carbocycles. The Morgan fingerprint density at radius 1 is 1.20 bits per heavy atom. The van der Waals surface area contributed by atoms with Crippen LogP contribution in [-0.4, -0.2) is 34.0 Å². The SMILES string of the molecule is Cc1ccc(-c2nccc([C@H]3CCCN(C(=O)Nc4ccc(Cl)cc4F)C3)n2)cc1. The molecule has 2 heterocycles. The average Bonchev–Trinajstić information content (AvgIpc) is 2.76. The number of hydrogen-bond acceptors (Lipinski definition) is 3. The maximum absolute atomic E-state index is 14.0. The van der Waals surface area contributed by atoms with Gasteiger partial charge >= 0.3 is 6.03 Å². The van der Waals surface area contributed by atoms with E-state index < -0.39 is 5.82 Å². The van der Waals surface area contributed by atoms with E-state index in [-0.39, 0.29) is 22.7 Å². The highest BCUT2D eigenvalue weighted by Crippen LogP contribution is 2.28. The van der Waals surface area contributed by atoms with Crippen molar-refractivity contribution in [1.29, 1.82) is 0 Å². The van der Waals surface area contributed by atoms with Gasteiger partial charge < -0.3 is 10.2 Å². The summed E-state index contributed by atoms with van der Waals surface area (Å²) in [5.41, 5.74) is 3.18. The van der Waals surface area contributed by atoms with Crippen LogP contribution in [0.25, 0.3) is 11.4 Å². The zero-order valence-electron chi connectivity index (χ0n) is 16.6. The molecule has 4 rings (SSSR count). The Balaban J connectivity index is 1.48. The van der Waals surface area contributed by atoms with Crippen LogP contribution in [0.4, 0.5) is 14.9 Å². The van der Waals surface area contributed by atoms with Crippen LogP contribution >= 0.6 is 11.6 Å². The fourth-order valence-corrected chi connectivity index (χ4v) is 3.79. The molecule has 7 heteroatoms. The summed E-state index contributed by atoms with van der Waals surface area (Å²) in [5.74, 6) is 0.229. The Hall–Kier alpha value is -2.99. The van der Waals surface area contributed by atoms with Crippen molar-refractivity contribution >= 4 is 23.3 Å². The summed E-state index contributed by atoms with van der Waals surface area (Å²) < 4.78 is 14.0. The third-order valence-electron chi connectivity index (χ3n) is 5.29. The van der Waals surface area contributed by atoms with Gasteiger partial charge in [0.25, 0.3) is 0 Å². The van der Waals surface area contributed by atoms with Crippen molar-refractivity contribution < 1.29 is 9.18 Å². The topological polar surface area (TPSA) is 58.1 Å². The highest BCUT2D eigenvalue weighted by Gasteiger charge is 2.26. The van der Waals surface area contributed by atoms with Gasteiger partial charge in [-0.15, -0.1) is 0 Å². The van der Waals surface area contributed by atoms with E-state index in [1.54, 1.807) is 17.2 Å². The molecular formula is C23H22ClFN4O. The molecule has 1 aromatic heterocycles. The van der Waals surface area contributed by atoms with Crippen molar-refractivity contribution in [2.45, 2.75) is 25.7 Å². The lowest BCUT2D eigenvalue weighted by atomic mass is 9.94. The lowest BCUT2D eigenvalue weighted by Gasteiger charge is -2.32. The van der Waals surface area contributed by atoms with Gasteiger partial charge in [-0.1, -0.05) is 41.4 Å². The molecule has 154 valence electrons. The molecule has 0 radical (unpaired) electrons. The Bertz CT molecular complexity index is 1060. The molecule has 1 atom stereocenters. The van der Waals surface area contributed by atoms with Gasteiger partial charge in [0, 0.05) is 41.5 Å². The van der Waals surface area contributed by atoms with Gasteiger partial charge in [-0.25, -0.2) is 19.2 Å². The predicted molar refractivity (Wildman–Crippen MR) is 116 cm³/mol. The number of carbonyl (C=O) groups excluding carboxylic acids is 1. The fraction of sp³-hybridized carbons (Fsp3) is 0.261. The second kappa shape index (κ2) is 8.79. The molecule has 2 amide bonds. The normalized spacial score (nSPS) is 16.4. The van der Waals surface area contributed by atoms with E-state index in [4.69, 9.17) is 16.6 Å². The summed E-state index contributed by atoms with van der Waals surface area (Å²) >= 11 is 5.78. The van der Waals surface area contributed by atoms with E-state index in [0.717, 1.165) is 24.1 Å². The van der Waals surface area contributed by atoms with E-state index in [1.165, 1.54) is 17.7 Å². The molecule has 1 aliphatic rings. The third-order valence-corrected chi connectivity index (χ3v) is 5.52. The summed E-state index contributed by atoms with van der Waals surface area (Å²) in [5, 5.41) is 2.93. The van der Waals surface area contributed by atoms with Crippen molar-refractivity contribution in [2.75, 3.05) is 18.4 Å². The standard InChI is InChI=1S/C23H22ClFN4O/c1-15-4-6-16(7-5-15)22-26-11-10-20(27-22)17-3-2-12-29(14-17)23(30)28-21-9-8-18(24)13-19(21)25/h4-11,13,17H,2-3,12,14H2,1H3,(H,28,30)/t17-/m0/s1. The number of nitrogens with zero attached hydrogens (tertiary/aromatic N) is 3. The minimum Gasteiger partial charge on any atom is -0.324 e. The van der Waals surface area contributed by atoms with Crippen LogP contribution in [0, 0.1) is 12.7 Å². The largest absolute Gasteiger partial charge is 0.324 e. The Kier molecular flexibility index (Phi) is 5.95. The summed E-state index contributed by atoms with van der Waals surface area (Å²) in [6.07, 6.45) is 3.55. The number of amides is 2. The highest BCUT2D eigenvalue weighted by atomic mass is 35.5. The molecule has 3 aromatic rings. The van der Waals surface area contributed by atoms with E-state index in [2.05, 4.69) is 10.3 Å². The molecule has 2 aromatic carbocycles. The van der Waals surface area contributed by atoms with E-state index >= 15 is 0 Å². The molecule has 1 saturated heterocycles. The van der Waals surface area contributed by atoms with Crippen molar-refractivity contribution in [3.63, 3.8) is 0 Å². The quantitative estimate of drug-likeness (QED) is 0.590. The van der Waals surface area contributed by atoms with Crippen LogP contribution in [0.1, 0.15) is 30.0 Å². The van der Waals surface area contributed by atoms with Crippen LogP contribution in [0.2, 0.25) is 5.02 Å². The van der Waals surface area contributed by atoms with Crippen molar-refractivity contribution in [1.82, 2.24) is 14.9 Å². The zero-order chi connectivity index (χ0) is 21.1. The number of carbonyl (C=O) groups is 1. The van der Waals surface area contributed by atoms with Crippen LogP contribution < -0.4 is 5.32 Å². The average molecular weight is 425 g/mol. The molecule has 1 N–H and O–H groups in total. The first-order valence-electron chi connectivity index (χ1n) is 9.90. The van der Waals surface area contributed by atoms with Crippen LogP contribution in [0.15, 0.2) is 54.7 Å². The first-order valence-corrected chi connectivity index (χ1v) is 10.3. The van der Waals surface area contributed by atoms with Crippen LogP contribution in [-0.2, 0) is 0 Å². The molecule has 0 unspecified atom stereocenters. The molecule has 30 heavy (non-hydrogen) atoms. The van der Waals surface area contributed by atoms with Crippen molar-refractivity contribution in [3.8, 4) is 11.4 Å². The zero-order valence-corrected chi connectivity index (χ0v) is 17.4. The van der Waals surface area contributed by atoms with Gasteiger partial charge in [0.15, 0.2) is 5.82 Å². The summed E-state index contributed by atoms with van der Waals surface area (Å²) in [4.78, 5) is 23.5. The minimum absolute atomic E-state index is 0.103. The van der Waals surface area contributed by atoms with Gasteiger partial charge in [0.05, 0.1) is 5.69 Å². The van der Waals surface area contributed by atoms with Gasteiger partial charge in [0.2, 0.25) is 0 Å². The maximum Gasteiger partial charge on any atom is 0.321 e. The van der Waals surface area contributed by atoms with Gasteiger partial charge in [-0.2, -0.15) is 0 Å². The first-order chi connectivity index (χ1) is 14.5. The number of hydrogen-bond donors (Lipinski definition) is 1. The number of anilines is 1.